The van der Waals surface area contributed by atoms with Crippen molar-refractivity contribution in [2.75, 3.05) is 0 Å². The molecule has 1 aliphatic rings. The van der Waals surface area contributed by atoms with Gasteiger partial charge < -0.3 is 10.1 Å². The molecule has 138 valence electrons. The normalized spacial score (nSPS) is 12.1. The summed E-state index contributed by atoms with van der Waals surface area (Å²) < 4.78 is 47.3. The van der Waals surface area contributed by atoms with E-state index in [1.807, 2.05) is 0 Å². The highest BCUT2D eigenvalue weighted by Gasteiger charge is 2.28. The highest BCUT2D eigenvalue weighted by molar-refractivity contribution is 5.96. The van der Waals surface area contributed by atoms with Gasteiger partial charge in [0.05, 0.1) is 5.69 Å². The number of carbonyl (C=O) groups is 1. The average Bonchev–Trinajstić information content (AvgIpc) is 2.96. The van der Waals surface area contributed by atoms with Crippen LogP contribution in [-0.4, -0.2) is 15.7 Å². The first kappa shape index (κ1) is 17.1. The number of amides is 1. The molecule has 8 heteroatoms. The second kappa shape index (κ2) is 6.46. The molecule has 1 N–H and O–H groups in total. The van der Waals surface area contributed by atoms with Crippen molar-refractivity contribution in [3.8, 4) is 17.0 Å². The SMILES string of the molecule is Cn1nc(C(=O)NCc2cc(F)cc(F)c2)c2c1-c1cc(F)ccc1OC2. The maximum Gasteiger partial charge on any atom is 0.272 e. The largest absolute Gasteiger partial charge is 0.488 e. The molecule has 0 saturated carbocycles. The van der Waals surface area contributed by atoms with E-state index < -0.39 is 23.4 Å². The lowest BCUT2D eigenvalue weighted by molar-refractivity contribution is 0.0942. The van der Waals surface area contributed by atoms with Gasteiger partial charge in [-0.3, -0.25) is 9.48 Å². The Morgan fingerprint density at radius 2 is 1.89 bits per heavy atom. The number of hydrogen-bond donors (Lipinski definition) is 1. The molecule has 0 fully saturated rings. The van der Waals surface area contributed by atoms with Gasteiger partial charge in [0.1, 0.15) is 29.8 Å². The summed E-state index contributed by atoms with van der Waals surface area (Å²) in [6, 6.07) is 7.18. The lowest BCUT2D eigenvalue weighted by Gasteiger charge is -2.18. The molecule has 1 aliphatic heterocycles. The van der Waals surface area contributed by atoms with Crippen molar-refractivity contribution in [2.45, 2.75) is 13.2 Å². The van der Waals surface area contributed by atoms with Gasteiger partial charge in [-0.1, -0.05) is 0 Å². The van der Waals surface area contributed by atoms with E-state index in [0.717, 1.165) is 18.2 Å². The van der Waals surface area contributed by atoms with Gasteiger partial charge in [-0.05, 0) is 35.9 Å². The third-order valence-electron chi connectivity index (χ3n) is 4.30. The molecular weight excluding hydrogens is 359 g/mol. The van der Waals surface area contributed by atoms with E-state index in [2.05, 4.69) is 10.4 Å². The molecule has 4 rings (SSSR count). The van der Waals surface area contributed by atoms with E-state index in [0.29, 0.717) is 22.6 Å². The summed E-state index contributed by atoms with van der Waals surface area (Å²) in [4.78, 5) is 12.5. The van der Waals surface area contributed by atoms with Crippen LogP contribution in [0.3, 0.4) is 0 Å². The molecule has 0 aliphatic carbocycles. The summed E-state index contributed by atoms with van der Waals surface area (Å²) in [5, 5.41) is 6.81. The Morgan fingerprint density at radius 1 is 1.15 bits per heavy atom. The molecule has 27 heavy (non-hydrogen) atoms. The number of nitrogens with one attached hydrogen (secondary N) is 1. The molecule has 1 aromatic heterocycles. The van der Waals surface area contributed by atoms with Crippen molar-refractivity contribution in [2.24, 2.45) is 7.05 Å². The highest BCUT2D eigenvalue weighted by Crippen LogP contribution is 2.38. The first-order valence-corrected chi connectivity index (χ1v) is 8.14. The monoisotopic (exact) mass is 373 g/mol. The molecule has 0 unspecified atom stereocenters. The third-order valence-corrected chi connectivity index (χ3v) is 4.30. The Balaban J connectivity index is 1.62. The van der Waals surface area contributed by atoms with Gasteiger partial charge in [-0.2, -0.15) is 5.10 Å². The molecule has 3 aromatic rings. The van der Waals surface area contributed by atoms with Crippen LogP contribution in [0.1, 0.15) is 21.6 Å². The molecule has 0 radical (unpaired) electrons. The fourth-order valence-electron chi connectivity index (χ4n) is 3.17. The molecular formula is C19H14F3N3O2. The van der Waals surface area contributed by atoms with E-state index in [-0.39, 0.29) is 24.4 Å². The zero-order chi connectivity index (χ0) is 19.1. The van der Waals surface area contributed by atoms with Crippen molar-refractivity contribution >= 4 is 5.91 Å². The predicted octanol–water partition coefficient (Wildman–Crippen LogP) is 3.33. The lowest BCUT2D eigenvalue weighted by atomic mass is 10.0. The Morgan fingerprint density at radius 3 is 2.63 bits per heavy atom. The molecule has 0 bridgehead atoms. The number of fused-ring (bicyclic) bond motifs is 3. The fraction of sp³-hybridized carbons (Fsp3) is 0.158. The van der Waals surface area contributed by atoms with Crippen molar-refractivity contribution in [1.29, 1.82) is 0 Å². The number of aromatic nitrogens is 2. The van der Waals surface area contributed by atoms with Crippen LogP contribution in [0.25, 0.3) is 11.3 Å². The van der Waals surface area contributed by atoms with Crippen LogP contribution in [0.2, 0.25) is 0 Å². The Hall–Kier alpha value is -3.29. The molecule has 1 amide bonds. The number of halogens is 3. The molecule has 0 spiro atoms. The van der Waals surface area contributed by atoms with Crippen molar-refractivity contribution in [3.63, 3.8) is 0 Å². The second-order valence-corrected chi connectivity index (χ2v) is 6.19. The third kappa shape index (κ3) is 3.14. The summed E-state index contributed by atoms with van der Waals surface area (Å²) in [5.41, 5.74) is 2.04. The van der Waals surface area contributed by atoms with E-state index in [4.69, 9.17) is 4.74 Å². The summed E-state index contributed by atoms with van der Waals surface area (Å²) >= 11 is 0. The zero-order valence-corrected chi connectivity index (χ0v) is 14.2. The minimum Gasteiger partial charge on any atom is -0.488 e. The van der Waals surface area contributed by atoms with E-state index >= 15 is 0 Å². The topological polar surface area (TPSA) is 56.2 Å². The molecule has 0 saturated heterocycles. The molecule has 2 heterocycles. The Bertz CT molecular complexity index is 1040. The van der Waals surface area contributed by atoms with Gasteiger partial charge >= 0.3 is 0 Å². The molecule has 2 aromatic carbocycles. The van der Waals surface area contributed by atoms with Crippen molar-refractivity contribution in [3.05, 3.63) is 70.7 Å². The Labute approximate surface area is 152 Å². The van der Waals surface area contributed by atoms with Gasteiger partial charge in [0.15, 0.2) is 5.69 Å². The van der Waals surface area contributed by atoms with E-state index in [1.165, 1.54) is 22.9 Å². The van der Waals surface area contributed by atoms with Crippen LogP contribution in [-0.2, 0) is 20.2 Å². The van der Waals surface area contributed by atoms with Crippen LogP contribution in [0.5, 0.6) is 5.75 Å². The predicted molar refractivity (Wildman–Crippen MR) is 90.5 cm³/mol. The van der Waals surface area contributed by atoms with Crippen LogP contribution in [0.4, 0.5) is 13.2 Å². The maximum absolute atomic E-state index is 13.6. The van der Waals surface area contributed by atoms with Gasteiger partial charge in [0, 0.05) is 30.8 Å². The smallest absolute Gasteiger partial charge is 0.272 e. The van der Waals surface area contributed by atoms with Crippen molar-refractivity contribution < 1.29 is 22.7 Å². The second-order valence-electron chi connectivity index (χ2n) is 6.19. The summed E-state index contributed by atoms with van der Waals surface area (Å²) in [5.74, 6) is -1.87. The number of aryl methyl sites for hydroxylation is 1. The quantitative estimate of drug-likeness (QED) is 0.766. The van der Waals surface area contributed by atoms with E-state index in [9.17, 15) is 18.0 Å². The first-order chi connectivity index (χ1) is 12.9. The number of ether oxygens (including phenoxy) is 1. The van der Waals surface area contributed by atoms with Gasteiger partial charge in [0.25, 0.3) is 5.91 Å². The summed E-state index contributed by atoms with van der Waals surface area (Å²) in [6.07, 6.45) is 0. The number of carbonyl (C=O) groups excluding carboxylic acids is 1. The van der Waals surface area contributed by atoms with E-state index in [1.54, 1.807) is 7.05 Å². The van der Waals surface area contributed by atoms with Crippen LogP contribution in [0.15, 0.2) is 36.4 Å². The highest BCUT2D eigenvalue weighted by atomic mass is 19.1. The van der Waals surface area contributed by atoms with Crippen LogP contribution in [0, 0.1) is 17.5 Å². The fourth-order valence-corrected chi connectivity index (χ4v) is 3.17. The van der Waals surface area contributed by atoms with Crippen LogP contribution >= 0.6 is 0 Å². The molecule has 0 atom stereocenters. The van der Waals surface area contributed by atoms with Gasteiger partial charge in [-0.25, -0.2) is 13.2 Å². The van der Waals surface area contributed by atoms with Gasteiger partial charge in [0.2, 0.25) is 0 Å². The first-order valence-electron chi connectivity index (χ1n) is 8.14. The lowest BCUT2D eigenvalue weighted by Crippen LogP contribution is -2.25. The summed E-state index contributed by atoms with van der Waals surface area (Å²) in [7, 11) is 1.65. The Kier molecular flexibility index (Phi) is 4.10. The van der Waals surface area contributed by atoms with Crippen LogP contribution < -0.4 is 10.1 Å². The zero-order valence-electron chi connectivity index (χ0n) is 14.2. The average molecular weight is 373 g/mol. The number of hydrogen-bond acceptors (Lipinski definition) is 3. The number of rotatable bonds is 3. The van der Waals surface area contributed by atoms with Gasteiger partial charge in [-0.15, -0.1) is 0 Å². The van der Waals surface area contributed by atoms with Crippen molar-refractivity contribution in [1.82, 2.24) is 15.1 Å². The number of nitrogens with zero attached hydrogens (tertiary/aromatic N) is 2. The minimum absolute atomic E-state index is 0.0646. The standard InChI is InChI=1S/C19H14F3N3O2/c1-25-18-14-7-11(20)2-3-16(14)27-9-15(18)17(24-25)19(26)23-8-10-4-12(21)6-13(22)5-10/h2-7H,8-9H2,1H3,(H,23,26). The minimum atomic E-state index is -0.721. The number of benzene rings is 2. The summed E-state index contributed by atoms with van der Waals surface area (Å²) in [6.45, 7) is 0.0457. The maximum atomic E-state index is 13.6. The molecule has 5 nitrogen and oxygen atoms in total.